The molecule has 1 saturated carbocycles. The number of benzene rings is 1. The Labute approximate surface area is 214 Å². The number of hydrogen-bond donors (Lipinski definition) is 1. The van der Waals surface area contributed by atoms with Crippen molar-refractivity contribution < 1.29 is 14.4 Å². The molecule has 5 nitrogen and oxygen atoms in total. The molecule has 33 heavy (non-hydrogen) atoms. The monoisotopic (exact) mass is 582 g/mol. The number of rotatable bonds is 12. The molecule has 1 aliphatic heterocycles. The Kier molecular flexibility index (Phi) is 10.4. The van der Waals surface area contributed by atoms with Crippen LogP contribution in [0.1, 0.15) is 84.0 Å². The zero-order valence-corrected chi connectivity index (χ0v) is 22.7. The molecule has 1 N–H and O–H groups in total. The number of unbranched alkanes of at least 4 members (excludes halogenated alkanes) is 8. The van der Waals surface area contributed by atoms with Crippen molar-refractivity contribution in [3.05, 3.63) is 24.3 Å². The molecule has 182 valence electrons. The molecule has 3 rings (SSSR count). The maximum atomic E-state index is 13.0. The van der Waals surface area contributed by atoms with Crippen LogP contribution in [0, 0.1) is 11.8 Å². The minimum atomic E-state index is -0.277. The molecule has 1 heterocycles. The number of anilines is 2. The summed E-state index contributed by atoms with van der Waals surface area (Å²) < 4.78 is 0. The summed E-state index contributed by atoms with van der Waals surface area (Å²) in [5.41, 5.74) is 1.16. The van der Waals surface area contributed by atoms with E-state index in [0.717, 1.165) is 12.8 Å². The van der Waals surface area contributed by atoms with E-state index in [1.807, 2.05) is 0 Å². The lowest BCUT2D eigenvalue weighted by molar-refractivity contribution is -0.122. The molecule has 0 bridgehead atoms. The normalized spacial score (nSPS) is 24.8. The number of carbonyl (C=O) groups is 3. The average Bonchev–Trinajstić information content (AvgIpc) is 3.02. The first-order valence-corrected chi connectivity index (χ1v) is 14.3. The van der Waals surface area contributed by atoms with Gasteiger partial charge in [0.2, 0.25) is 17.7 Å². The highest BCUT2D eigenvalue weighted by Gasteiger charge is 2.52. The van der Waals surface area contributed by atoms with Gasteiger partial charge in [-0.2, -0.15) is 0 Å². The molecule has 0 spiro atoms. The van der Waals surface area contributed by atoms with Crippen molar-refractivity contribution in [3.8, 4) is 0 Å². The van der Waals surface area contributed by atoms with Gasteiger partial charge in [-0.25, -0.2) is 4.90 Å². The second-order valence-corrected chi connectivity index (χ2v) is 11.8. The van der Waals surface area contributed by atoms with E-state index in [9.17, 15) is 14.4 Å². The van der Waals surface area contributed by atoms with Gasteiger partial charge in [-0.15, -0.1) is 0 Å². The predicted molar refractivity (Wildman–Crippen MR) is 141 cm³/mol. The molecular weight excluding hydrogens is 548 g/mol. The van der Waals surface area contributed by atoms with Crippen LogP contribution in [0.2, 0.25) is 0 Å². The molecule has 4 atom stereocenters. The molecule has 7 heteroatoms. The summed E-state index contributed by atoms with van der Waals surface area (Å²) in [5.74, 6) is -0.840. The minimum absolute atomic E-state index is 0.0212. The van der Waals surface area contributed by atoms with Crippen molar-refractivity contribution >= 4 is 61.0 Å². The van der Waals surface area contributed by atoms with Crippen LogP contribution in [0.5, 0.6) is 0 Å². The van der Waals surface area contributed by atoms with E-state index in [2.05, 4.69) is 44.1 Å². The Bertz CT molecular complexity index is 804. The second kappa shape index (κ2) is 13.0. The largest absolute Gasteiger partial charge is 0.326 e. The van der Waals surface area contributed by atoms with E-state index in [-0.39, 0.29) is 39.2 Å². The number of hydrogen-bond acceptors (Lipinski definition) is 3. The number of nitrogens with one attached hydrogen (secondary N) is 1. The molecule has 0 unspecified atom stereocenters. The number of halogens is 2. The van der Waals surface area contributed by atoms with Gasteiger partial charge >= 0.3 is 0 Å². The first kappa shape index (κ1) is 26.4. The van der Waals surface area contributed by atoms with E-state index in [4.69, 9.17) is 0 Å². The summed E-state index contributed by atoms with van der Waals surface area (Å²) in [5, 5.41) is 2.93. The highest BCUT2D eigenvalue weighted by molar-refractivity contribution is 9.12. The van der Waals surface area contributed by atoms with E-state index < -0.39 is 0 Å². The number of carbonyl (C=O) groups excluding carboxylic acids is 3. The molecule has 0 radical (unpaired) electrons. The molecule has 2 aliphatic rings. The lowest BCUT2D eigenvalue weighted by Crippen LogP contribution is -2.34. The second-order valence-electron chi connectivity index (χ2n) is 9.41. The van der Waals surface area contributed by atoms with E-state index in [0.29, 0.717) is 30.6 Å². The van der Waals surface area contributed by atoms with E-state index >= 15 is 0 Å². The fourth-order valence-corrected chi connectivity index (χ4v) is 6.13. The van der Waals surface area contributed by atoms with Gasteiger partial charge in [-0.1, -0.05) is 96.2 Å². The maximum absolute atomic E-state index is 13.0. The maximum Gasteiger partial charge on any atom is 0.237 e. The van der Waals surface area contributed by atoms with Gasteiger partial charge in [0.1, 0.15) is 0 Å². The summed E-state index contributed by atoms with van der Waals surface area (Å²) in [4.78, 5) is 40.1. The third-order valence-electron chi connectivity index (χ3n) is 6.81. The highest BCUT2D eigenvalue weighted by atomic mass is 79.9. The standard InChI is InChI=1S/C26H36Br2N2O3/c1-2-3-4-5-6-7-8-9-10-14-24(31)29-18-12-11-13-19(15-18)30-25(32)20-16-22(27)23(28)17-21(20)26(30)33/h11-13,15,20-23H,2-10,14,16-17H2,1H3,(H,29,31)/t20-,21-,22-,23+/m1/s1. The summed E-state index contributed by atoms with van der Waals surface area (Å²) in [6, 6.07) is 7.09. The fraction of sp³-hybridized carbons (Fsp3) is 0.654. The van der Waals surface area contributed by atoms with E-state index in [1.165, 1.54) is 49.8 Å². The highest BCUT2D eigenvalue weighted by Crippen LogP contribution is 2.44. The molecular formula is C26H36Br2N2O3. The zero-order valence-electron chi connectivity index (χ0n) is 19.5. The first-order chi connectivity index (χ1) is 15.9. The van der Waals surface area contributed by atoms with Gasteiger partial charge in [0.25, 0.3) is 0 Å². The Morgan fingerprint density at radius 3 is 2.03 bits per heavy atom. The number of imide groups is 1. The van der Waals surface area contributed by atoms with E-state index in [1.54, 1.807) is 24.3 Å². The Hall–Kier alpha value is -1.21. The van der Waals surface area contributed by atoms with Crippen LogP contribution in [0.25, 0.3) is 0 Å². The van der Waals surface area contributed by atoms with Crippen molar-refractivity contribution in [3.63, 3.8) is 0 Å². The van der Waals surface area contributed by atoms with Crippen molar-refractivity contribution in [1.29, 1.82) is 0 Å². The molecule has 2 fully saturated rings. The lowest BCUT2D eigenvalue weighted by atomic mass is 9.81. The average molecular weight is 584 g/mol. The molecule has 1 aromatic rings. The summed E-state index contributed by atoms with van der Waals surface area (Å²) in [6.07, 6.45) is 12.7. The van der Waals surface area contributed by atoms with Crippen molar-refractivity contribution in [1.82, 2.24) is 0 Å². The SMILES string of the molecule is CCCCCCCCCCCC(=O)Nc1cccc(N2C(=O)[C@@H]3C[C@@H](Br)[C@@H](Br)C[C@H]3C2=O)c1. The number of alkyl halides is 2. The molecule has 3 amide bonds. The van der Waals surface area contributed by atoms with Gasteiger partial charge in [0.05, 0.1) is 17.5 Å². The van der Waals surface area contributed by atoms with Gasteiger partial charge in [-0.3, -0.25) is 14.4 Å². The van der Waals surface area contributed by atoms with Crippen LogP contribution in [-0.4, -0.2) is 27.4 Å². The van der Waals surface area contributed by atoms with Crippen LogP contribution in [0.3, 0.4) is 0 Å². The van der Waals surface area contributed by atoms with Crippen molar-refractivity contribution in [2.45, 2.75) is 93.6 Å². The van der Waals surface area contributed by atoms with Crippen LogP contribution in [0.4, 0.5) is 11.4 Å². The zero-order chi connectivity index (χ0) is 23.8. The third-order valence-corrected chi connectivity index (χ3v) is 9.54. The van der Waals surface area contributed by atoms with Gasteiger partial charge < -0.3 is 5.32 Å². The first-order valence-electron chi connectivity index (χ1n) is 12.5. The topological polar surface area (TPSA) is 66.5 Å². The quantitative estimate of drug-likeness (QED) is 0.164. The minimum Gasteiger partial charge on any atom is -0.326 e. The van der Waals surface area contributed by atoms with Gasteiger partial charge in [0.15, 0.2) is 0 Å². The lowest BCUT2D eigenvalue weighted by Gasteiger charge is -2.29. The number of fused-ring (bicyclic) bond motifs is 1. The van der Waals surface area contributed by atoms with Crippen LogP contribution < -0.4 is 10.2 Å². The van der Waals surface area contributed by atoms with Crippen molar-refractivity contribution in [2.75, 3.05) is 10.2 Å². The van der Waals surface area contributed by atoms with Gasteiger partial charge in [0, 0.05) is 21.8 Å². The fourth-order valence-electron chi connectivity index (χ4n) is 4.89. The molecule has 0 aromatic heterocycles. The summed E-state index contributed by atoms with van der Waals surface area (Å²) >= 11 is 7.25. The molecule has 1 aromatic carbocycles. The summed E-state index contributed by atoms with van der Waals surface area (Å²) in [6.45, 7) is 2.23. The number of nitrogens with zero attached hydrogens (tertiary/aromatic N) is 1. The summed E-state index contributed by atoms with van der Waals surface area (Å²) in [7, 11) is 0. The van der Waals surface area contributed by atoms with Crippen molar-refractivity contribution in [2.24, 2.45) is 11.8 Å². The van der Waals surface area contributed by atoms with Crippen LogP contribution in [-0.2, 0) is 14.4 Å². The third kappa shape index (κ3) is 7.14. The predicted octanol–water partition coefficient (Wildman–Crippen LogP) is 6.97. The van der Waals surface area contributed by atoms with Crippen LogP contribution in [0.15, 0.2) is 24.3 Å². The van der Waals surface area contributed by atoms with Gasteiger partial charge in [-0.05, 0) is 37.5 Å². The Balaban J connectivity index is 1.46. The molecule has 1 aliphatic carbocycles. The Morgan fingerprint density at radius 2 is 1.45 bits per heavy atom. The Morgan fingerprint density at radius 1 is 0.909 bits per heavy atom. The number of amides is 3. The van der Waals surface area contributed by atoms with Crippen LogP contribution >= 0.6 is 31.9 Å². The molecule has 1 saturated heterocycles. The smallest absolute Gasteiger partial charge is 0.237 e.